The number of nitro groups is 1. The Hall–Kier alpha value is -5.55. The van der Waals surface area contributed by atoms with E-state index < -0.39 is 28.3 Å². The van der Waals surface area contributed by atoms with Crippen LogP contribution in [0.5, 0.6) is 17.2 Å². The second-order valence-electron chi connectivity index (χ2n) is 17.0. The molecule has 3 aromatic rings. The number of rotatable bonds is 19. The monoisotopic (exact) mass is 834 g/mol. The fourth-order valence-corrected chi connectivity index (χ4v) is 9.19. The van der Waals surface area contributed by atoms with Gasteiger partial charge in [0, 0.05) is 49.3 Å². The second kappa shape index (κ2) is 19.9. The van der Waals surface area contributed by atoms with Crippen LogP contribution in [0.1, 0.15) is 106 Å². The minimum Gasteiger partial charge on any atom is -0.459 e. The van der Waals surface area contributed by atoms with E-state index in [4.69, 9.17) is 24.2 Å². The Balaban J connectivity index is 1.61. The lowest BCUT2D eigenvalue weighted by molar-refractivity contribution is -0.384. The zero-order valence-electron chi connectivity index (χ0n) is 35.6. The molecule has 1 amide bonds. The molecule has 0 bridgehead atoms. The Morgan fingerprint density at radius 3 is 2.44 bits per heavy atom. The van der Waals surface area contributed by atoms with Crippen LogP contribution in [-0.2, 0) is 9.57 Å². The van der Waals surface area contributed by atoms with Crippen molar-refractivity contribution in [2.45, 2.75) is 102 Å². The Morgan fingerprint density at radius 2 is 1.79 bits per heavy atom. The van der Waals surface area contributed by atoms with Gasteiger partial charge in [0.2, 0.25) is 5.79 Å². The normalized spacial score (nSPS) is 23.4. The van der Waals surface area contributed by atoms with Crippen molar-refractivity contribution in [3.05, 3.63) is 118 Å². The highest BCUT2D eigenvalue weighted by molar-refractivity contribution is 6.03. The summed E-state index contributed by atoms with van der Waals surface area (Å²) in [6, 6.07) is 19.6. The third kappa shape index (κ3) is 9.99. The molecule has 13 nitrogen and oxygen atoms in total. The number of nitrogens with zero attached hydrogens (tertiary/aromatic N) is 4. The molecule has 6 atom stereocenters. The topological polar surface area (TPSA) is 177 Å². The lowest BCUT2D eigenvalue weighted by atomic mass is 9.55. The molecule has 3 aromatic carbocycles. The van der Waals surface area contributed by atoms with Crippen molar-refractivity contribution in [1.82, 2.24) is 4.90 Å². The molecule has 1 fully saturated rings. The molecule has 2 aliphatic carbocycles. The van der Waals surface area contributed by atoms with E-state index >= 15 is 0 Å². The molecule has 6 rings (SSSR count). The number of nitriles is 1. The van der Waals surface area contributed by atoms with Crippen molar-refractivity contribution in [2.24, 2.45) is 22.9 Å². The van der Waals surface area contributed by atoms with Crippen LogP contribution in [0.15, 0.2) is 96.2 Å². The molecular weight excluding hydrogens is 777 g/mol. The standard InChI is InChI=1S/C48H58N4O9/c1-6-23-51(46(55)33-19-17-32(31-49)18-20-33)43-30-41(50-61-47(3,4)5)39-27-34(13-8-10-24-53)38(16-9-11-25-54)44-40-29-37(59-36-15-12-14-35(28-36)52(56)57)21-22-42(40)60-48(43,45(39)44)58-26-7-2/h7,12,14-15,17-22,27-29,34,38,43-45,53-54H,2,6,8-11,13,16,23-26,30H2,1,3-5H3. The molecule has 324 valence electrons. The van der Waals surface area contributed by atoms with Crippen LogP contribution in [0, 0.1) is 39.2 Å². The number of unbranched alkanes of at least 4 members (excludes halogenated alkanes) is 2. The maximum Gasteiger partial charge on any atom is 0.273 e. The Morgan fingerprint density at radius 1 is 1.07 bits per heavy atom. The predicted octanol–water partition coefficient (Wildman–Crippen LogP) is 9.24. The van der Waals surface area contributed by atoms with Crippen LogP contribution in [0.25, 0.3) is 0 Å². The number of oxime groups is 1. The van der Waals surface area contributed by atoms with Crippen molar-refractivity contribution in [1.29, 1.82) is 5.26 Å². The van der Waals surface area contributed by atoms with Crippen molar-refractivity contribution >= 4 is 17.3 Å². The molecule has 0 spiro atoms. The summed E-state index contributed by atoms with van der Waals surface area (Å²) in [6.07, 6.45) is 9.17. The van der Waals surface area contributed by atoms with Gasteiger partial charge in [-0.1, -0.05) is 43.1 Å². The van der Waals surface area contributed by atoms with E-state index in [1.807, 2.05) is 44.7 Å². The first-order valence-electron chi connectivity index (χ1n) is 21.4. The molecule has 0 saturated heterocycles. The average Bonchev–Trinajstić information content (AvgIpc) is 3.25. The van der Waals surface area contributed by atoms with E-state index in [1.54, 1.807) is 48.5 Å². The van der Waals surface area contributed by atoms with Crippen LogP contribution >= 0.6 is 0 Å². The molecule has 0 aromatic heterocycles. The molecule has 6 unspecified atom stereocenters. The number of non-ortho nitro benzene ring substituents is 1. The molecule has 3 aliphatic rings. The Bertz CT molecular complexity index is 2140. The number of aliphatic hydroxyl groups excluding tert-OH is 2. The molecule has 0 radical (unpaired) electrons. The van der Waals surface area contributed by atoms with Gasteiger partial charge in [-0.15, -0.1) is 6.58 Å². The Labute approximate surface area is 358 Å². The summed E-state index contributed by atoms with van der Waals surface area (Å²) in [4.78, 5) is 34.1. The lowest BCUT2D eigenvalue weighted by Crippen LogP contribution is -2.70. The molecule has 13 heteroatoms. The zero-order valence-corrected chi connectivity index (χ0v) is 35.6. The third-order valence-corrected chi connectivity index (χ3v) is 11.7. The van der Waals surface area contributed by atoms with Gasteiger partial charge < -0.3 is 34.2 Å². The Kier molecular flexibility index (Phi) is 14.7. The van der Waals surface area contributed by atoms with Crippen LogP contribution in [0.3, 0.4) is 0 Å². The zero-order chi connectivity index (χ0) is 43.7. The molecule has 1 saturated carbocycles. The van der Waals surface area contributed by atoms with E-state index in [-0.39, 0.29) is 55.6 Å². The third-order valence-electron chi connectivity index (χ3n) is 11.7. The van der Waals surface area contributed by atoms with Gasteiger partial charge in [-0.05, 0) is 119 Å². The van der Waals surface area contributed by atoms with E-state index in [9.17, 15) is 30.4 Å². The lowest BCUT2D eigenvalue weighted by Gasteiger charge is -2.60. The van der Waals surface area contributed by atoms with Gasteiger partial charge in [-0.2, -0.15) is 5.26 Å². The first kappa shape index (κ1) is 45.0. The van der Waals surface area contributed by atoms with Gasteiger partial charge >= 0.3 is 0 Å². The first-order valence-corrected chi connectivity index (χ1v) is 21.4. The number of benzene rings is 3. The number of fused-ring (bicyclic) bond motifs is 2. The number of carbonyl (C=O) groups excluding carboxylic acids is 1. The largest absolute Gasteiger partial charge is 0.459 e. The summed E-state index contributed by atoms with van der Waals surface area (Å²) in [5, 5.41) is 45.9. The average molecular weight is 835 g/mol. The summed E-state index contributed by atoms with van der Waals surface area (Å²) in [7, 11) is 0. The number of amides is 1. The maximum absolute atomic E-state index is 14.9. The highest BCUT2D eigenvalue weighted by Gasteiger charge is 2.65. The van der Waals surface area contributed by atoms with Gasteiger partial charge in [0.15, 0.2) is 0 Å². The second-order valence-corrected chi connectivity index (χ2v) is 17.0. The van der Waals surface area contributed by atoms with E-state index in [2.05, 4.69) is 18.7 Å². The quantitative estimate of drug-likeness (QED) is 0.0512. The number of hydrogen-bond donors (Lipinski definition) is 2. The molecular formula is C48H58N4O9. The summed E-state index contributed by atoms with van der Waals surface area (Å²) in [5.74, 6) is -1.19. The van der Waals surface area contributed by atoms with Crippen LogP contribution < -0.4 is 9.47 Å². The van der Waals surface area contributed by atoms with Crippen molar-refractivity contribution in [3.8, 4) is 23.3 Å². The number of carbonyl (C=O) groups is 1. The van der Waals surface area contributed by atoms with E-state index in [1.165, 1.54) is 12.1 Å². The summed E-state index contributed by atoms with van der Waals surface area (Å²) in [6.45, 7) is 12.4. The van der Waals surface area contributed by atoms with Gasteiger partial charge in [0.05, 0.1) is 40.9 Å². The van der Waals surface area contributed by atoms with Crippen LogP contribution in [-0.4, -0.2) is 75.5 Å². The highest BCUT2D eigenvalue weighted by Crippen LogP contribution is 2.62. The number of nitro benzene ring substituents is 1. The first-order chi connectivity index (χ1) is 29.4. The maximum atomic E-state index is 14.9. The summed E-state index contributed by atoms with van der Waals surface area (Å²) >= 11 is 0. The molecule has 2 N–H and O–H groups in total. The number of ether oxygens (including phenoxy) is 3. The summed E-state index contributed by atoms with van der Waals surface area (Å²) in [5.41, 5.74) is 2.58. The van der Waals surface area contributed by atoms with Gasteiger partial charge in [-0.3, -0.25) is 14.9 Å². The minimum absolute atomic E-state index is 0.0150. The SMILES string of the molecule is C=CCOC12Oc3ccc(Oc4cccc([N+](=O)[O-])c4)cc3C3C(CCCCO)C(CCCCO)C=C(C(=NOC(C)(C)C)CC1N(CCC)C(=O)c1ccc(C#N)cc1)C32. The fourth-order valence-electron chi connectivity index (χ4n) is 9.19. The smallest absolute Gasteiger partial charge is 0.273 e. The molecule has 1 aliphatic heterocycles. The molecule has 1 heterocycles. The van der Waals surface area contributed by atoms with Crippen molar-refractivity contribution in [2.75, 3.05) is 26.4 Å². The summed E-state index contributed by atoms with van der Waals surface area (Å²) < 4.78 is 20.7. The van der Waals surface area contributed by atoms with Crippen molar-refractivity contribution in [3.63, 3.8) is 0 Å². The van der Waals surface area contributed by atoms with Crippen LogP contribution in [0.4, 0.5) is 5.69 Å². The van der Waals surface area contributed by atoms with Gasteiger partial charge in [-0.25, -0.2) is 0 Å². The number of hydrogen-bond acceptors (Lipinski definition) is 11. The minimum atomic E-state index is -1.45. The number of aliphatic hydroxyl groups is 2. The van der Waals surface area contributed by atoms with Crippen LogP contribution in [0.2, 0.25) is 0 Å². The van der Waals surface area contributed by atoms with E-state index in [0.29, 0.717) is 59.9 Å². The number of allylic oxidation sites excluding steroid dienone is 1. The van der Waals surface area contributed by atoms with Gasteiger partial charge in [0.25, 0.3) is 11.6 Å². The fraction of sp³-hybridized carbons (Fsp3) is 0.479. The van der Waals surface area contributed by atoms with Crippen molar-refractivity contribution < 1.29 is 39.0 Å². The van der Waals surface area contributed by atoms with Gasteiger partial charge in [0.1, 0.15) is 28.9 Å². The predicted molar refractivity (Wildman–Crippen MR) is 231 cm³/mol. The highest BCUT2D eigenvalue weighted by atomic mass is 16.7. The molecule has 61 heavy (non-hydrogen) atoms. The van der Waals surface area contributed by atoms with E-state index in [0.717, 1.165) is 36.8 Å².